The molecular formula is C64H110O6. The molecule has 0 spiro atoms. The fourth-order valence-corrected chi connectivity index (χ4v) is 8.24. The van der Waals surface area contributed by atoms with Crippen LogP contribution in [0.3, 0.4) is 0 Å². The summed E-state index contributed by atoms with van der Waals surface area (Å²) >= 11 is 0. The molecule has 0 amide bonds. The van der Waals surface area contributed by atoms with Crippen LogP contribution in [-0.2, 0) is 28.6 Å². The van der Waals surface area contributed by atoms with Gasteiger partial charge in [-0.3, -0.25) is 14.4 Å². The van der Waals surface area contributed by atoms with Crippen molar-refractivity contribution in [1.29, 1.82) is 0 Å². The lowest BCUT2D eigenvalue weighted by Crippen LogP contribution is -2.30. The van der Waals surface area contributed by atoms with E-state index in [4.69, 9.17) is 14.2 Å². The Morgan fingerprint density at radius 3 is 0.986 bits per heavy atom. The zero-order valence-corrected chi connectivity index (χ0v) is 46.0. The van der Waals surface area contributed by atoms with Crippen LogP contribution in [0.4, 0.5) is 0 Å². The molecule has 0 bridgehead atoms. The first-order valence-corrected chi connectivity index (χ1v) is 29.6. The van der Waals surface area contributed by atoms with E-state index < -0.39 is 12.1 Å². The summed E-state index contributed by atoms with van der Waals surface area (Å²) in [6.45, 7) is 6.41. The van der Waals surface area contributed by atoms with Crippen molar-refractivity contribution in [3.63, 3.8) is 0 Å². The highest BCUT2D eigenvalue weighted by Crippen LogP contribution is 2.16. The highest BCUT2D eigenvalue weighted by atomic mass is 16.6. The van der Waals surface area contributed by atoms with Crippen molar-refractivity contribution in [2.75, 3.05) is 13.2 Å². The lowest BCUT2D eigenvalue weighted by Gasteiger charge is -2.18. The predicted octanol–water partition coefficient (Wildman–Crippen LogP) is 19.9. The predicted molar refractivity (Wildman–Crippen MR) is 302 cm³/mol. The maximum atomic E-state index is 12.8. The highest BCUT2D eigenvalue weighted by Gasteiger charge is 2.19. The smallest absolute Gasteiger partial charge is 0.310 e. The summed E-state index contributed by atoms with van der Waals surface area (Å²) in [5, 5.41) is 0. The van der Waals surface area contributed by atoms with Gasteiger partial charge in [0.1, 0.15) is 13.2 Å². The summed E-state index contributed by atoms with van der Waals surface area (Å²) in [6, 6.07) is 0. The number of unbranched alkanes of at least 4 members (excludes halogenated alkanes) is 29. The molecule has 402 valence electrons. The third-order valence-corrected chi connectivity index (χ3v) is 12.7. The number of ether oxygens (including phenoxy) is 3. The molecule has 0 aliphatic rings. The Kier molecular flexibility index (Phi) is 55.3. The van der Waals surface area contributed by atoms with Crippen LogP contribution >= 0.6 is 0 Å². The van der Waals surface area contributed by atoms with Gasteiger partial charge < -0.3 is 14.2 Å². The summed E-state index contributed by atoms with van der Waals surface area (Å²) in [6.07, 6.45) is 76.1. The standard InChI is InChI=1S/C64H110O6/c1-4-7-10-13-16-19-22-25-28-29-30-31-32-33-34-35-37-39-42-45-48-51-54-57-63(66)69-60-61(59-68-62(65)56-53-50-47-44-41-38-27-24-21-18-15-12-9-6-3)70-64(67)58-55-52-49-46-43-40-36-26-23-20-17-14-11-8-5-2/h8,11,15,17-18,20,24,26-27,36,43,46,52,55,61H,4-7,9-10,12-14,16,19,21-23,25,28-35,37-42,44-45,47-51,53-54,56-60H2,1-3H3/b11-8-,18-15-,20-17-,27-24-,36-26-,46-43-,55-52-. The minimum atomic E-state index is -0.836. The van der Waals surface area contributed by atoms with Crippen LogP contribution in [0.1, 0.15) is 284 Å². The van der Waals surface area contributed by atoms with Gasteiger partial charge in [0, 0.05) is 12.8 Å². The molecule has 0 heterocycles. The second-order valence-corrected chi connectivity index (χ2v) is 19.5. The first-order chi connectivity index (χ1) is 34.5. The lowest BCUT2D eigenvalue weighted by atomic mass is 10.0. The topological polar surface area (TPSA) is 78.9 Å². The van der Waals surface area contributed by atoms with E-state index in [1.54, 1.807) is 6.08 Å². The molecule has 0 aliphatic heterocycles. The maximum Gasteiger partial charge on any atom is 0.310 e. The molecule has 0 aromatic carbocycles. The Bertz CT molecular complexity index is 1350. The van der Waals surface area contributed by atoms with Crippen LogP contribution in [0, 0.1) is 0 Å². The zero-order chi connectivity index (χ0) is 50.7. The van der Waals surface area contributed by atoms with Gasteiger partial charge in [0.2, 0.25) is 0 Å². The minimum Gasteiger partial charge on any atom is -0.462 e. The van der Waals surface area contributed by atoms with E-state index in [1.165, 1.54) is 148 Å². The van der Waals surface area contributed by atoms with Crippen LogP contribution in [0.2, 0.25) is 0 Å². The largest absolute Gasteiger partial charge is 0.462 e. The molecule has 0 aliphatic carbocycles. The number of allylic oxidation sites excluding steroid dienone is 13. The monoisotopic (exact) mass is 975 g/mol. The summed E-state index contributed by atoms with van der Waals surface area (Å²) in [7, 11) is 0. The van der Waals surface area contributed by atoms with Crippen molar-refractivity contribution < 1.29 is 28.6 Å². The molecule has 0 N–H and O–H groups in total. The lowest BCUT2D eigenvalue weighted by molar-refractivity contribution is -0.166. The highest BCUT2D eigenvalue weighted by molar-refractivity contribution is 5.72. The molecule has 0 aromatic rings. The average molecular weight is 976 g/mol. The van der Waals surface area contributed by atoms with E-state index in [0.717, 1.165) is 96.3 Å². The second kappa shape index (κ2) is 58.2. The summed E-state index contributed by atoms with van der Waals surface area (Å²) in [5.74, 6) is -1.06. The second-order valence-electron chi connectivity index (χ2n) is 19.5. The molecule has 1 unspecified atom stereocenters. The molecule has 0 fully saturated rings. The van der Waals surface area contributed by atoms with Crippen molar-refractivity contribution in [1.82, 2.24) is 0 Å². The first-order valence-electron chi connectivity index (χ1n) is 29.6. The van der Waals surface area contributed by atoms with E-state index in [0.29, 0.717) is 12.8 Å². The molecular weight excluding hydrogens is 865 g/mol. The van der Waals surface area contributed by atoms with Crippen LogP contribution in [-0.4, -0.2) is 37.2 Å². The molecule has 0 radical (unpaired) electrons. The van der Waals surface area contributed by atoms with Crippen LogP contribution in [0.15, 0.2) is 85.1 Å². The first kappa shape index (κ1) is 66.6. The van der Waals surface area contributed by atoms with Crippen molar-refractivity contribution >= 4 is 17.9 Å². The minimum absolute atomic E-state index is 0.0946. The molecule has 1 atom stereocenters. The quantitative estimate of drug-likeness (QED) is 0.0261. The summed E-state index contributed by atoms with van der Waals surface area (Å²) in [4.78, 5) is 38.1. The third kappa shape index (κ3) is 55.5. The number of carbonyl (C=O) groups is 3. The van der Waals surface area contributed by atoms with Crippen LogP contribution in [0.5, 0.6) is 0 Å². The Morgan fingerprint density at radius 2 is 0.614 bits per heavy atom. The van der Waals surface area contributed by atoms with Gasteiger partial charge in [-0.05, 0) is 70.6 Å². The van der Waals surface area contributed by atoms with Gasteiger partial charge in [-0.1, -0.05) is 279 Å². The van der Waals surface area contributed by atoms with E-state index in [9.17, 15) is 14.4 Å². The number of rotatable bonds is 53. The Labute approximate surface area is 433 Å². The number of esters is 3. The van der Waals surface area contributed by atoms with Crippen molar-refractivity contribution in [2.45, 2.75) is 290 Å². The number of hydrogen-bond donors (Lipinski definition) is 0. The molecule has 6 heteroatoms. The molecule has 0 rings (SSSR count). The fraction of sp³-hybridized carbons (Fsp3) is 0.734. The maximum absolute atomic E-state index is 12.8. The van der Waals surface area contributed by atoms with E-state index in [1.807, 2.05) is 6.08 Å². The van der Waals surface area contributed by atoms with Gasteiger partial charge in [0.05, 0.1) is 6.42 Å². The van der Waals surface area contributed by atoms with Gasteiger partial charge in [-0.15, -0.1) is 0 Å². The number of carbonyl (C=O) groups excluding carboxylic acids is 3. The third-order valence-electron chi connectivity index (χ3n) is 12.7. The van der Waals surface area contributed by atoms with E-state index in [2.05, 4.69) is 93.7 Å². The van der Waals surface area contributed by atoms with Crippen LogP contribution < -0.4 is 0 Å². The Hall–Kier alpha value is -3.41. The molecule has 0 saturated heterocycles. The zero-order valence-electron chi connectivity index (χ0n) is 46.0. The van der Waals surface area contributed by atoms with Crippen LogP contribution in [0.25, 0.3) is 0 Å². The molecule has 70 heavy (non-hydrogen) atoms. The summed E-state index contributed by atoms with van der Waals surface area (Å²) < 4.78 is 16.7. The molecule has 6 nitrogen and oxygen atoms in total. The average Bonchev–Trinajstić information content (AvgIpc) is 3.36. The van der Waals surface area contributed by atoms with Crippen molar-refractivity contribution in [2.24, 2.45) is 0 Å². The van der Waals surface area contributed by atoms with E-state index in [-0.39, 0.29) is 31.6 Å². The summed E-state index contributed by atoms with van der Waals surface area (Å²) in [5.41, 5.74) is 0. The van der Waals surface area contributed by atoms with Gasteiger partial charge >= 0.3 is 17.9 Å². The fourth-order valence-electron chi connectivity index (χ4n) is 8.24. The van der Waals surface area contributed by atoms with Gasteiger partial charge in [-0.2, -0.15) is 0 Å². The van der Waals surface area contributed by atoms with Gasteiger partial charge in [-0.25, -0.2) is 0 Å². The SMILES string of the molecule is CC/C=C\C/C=C\C/C=C\C/C=C\C/C=C\CC(=O)OC(COC(=O)CCCCCCC/C=C\C/C=C\CCCC)COC(=O)CCCCCCCCCCCCCCCCCCCCCCCCC. The normalized spacial score (nSPS) is 12.7. The Balaban J connectivity index is 4.38. The van der Waals surface area contributed by atoms with Gasteiger partial charge in [0.25, 0.3) is 0 Å². The molecule has 0 saturated carbocycles. The molecule has 0 aromatic heterocycles. The Morgan fingerprint density at radius 1 is 0.314 bits per heavy atom. The van der Waals surface area contributed by atoms with E-state index >= 15 is 0 Å². The number of hydrogen-bond acceptors (Lipinski definition) is 6. The van der Waals surface area contributed by atoms with Gasteiger partial charge in [0.15, 0.2) is 6.10 Å². The van der Waals surface area contributed by atoms with Crippen molar-refractivity contribution in [3.8, 4) is 0 Å². The van der Waals surface area contributed by atoms with Crippen molar-refractivity contribution in [3.05, 3.63) is 85.1 Å².